The van der Waals surface area contributed by atoms with E-state index in [1.165, 1.54) is 25.7 Å². The van der Waals surface area contributed by atoms with Gasteiger partial charge in [0.25, 0.3) is 5.91 Å². The van der Waals surface area contributed by atoms with E-state index in [-0.39, 0.29) is 5.91 Å². The highest BCUT2D eigenvalue weighted by Crippen LogP contribution is 2.39. The molecule has 3 nitrogen and oxygen atoms in total. The molecule has 3 atom stereocenters. The van der Waals surface area contributed by atoms with E-state index >= 15 is 0 Å². The van der Waals surface area contributed by atoms with E-state index < -0.39 is 0 Å². The summed E-state index contributed by atoms with van der Waals surface area (Å²) in [6.45, 7) is 5.23. The smallest absolute Gasteiger partial charge is 0.273 e. The first-order chi connectivity index (χ1) is 9.16. The van der Waals surface area contributed by atoms with Crippen molar-refractivity contribution in [2.75, 3.05) is 6.54 Å². The third-order valence-corrected chi connectivity index (χ3v) is 5.61. The number of amides is 1. The minimum atomic E-state index is 0.160. The molecule has 1 aromatic heterocycles. The SMILES string of the molecule is Cc1nc(C(=O)N2CCC(C)C3CCCCC32)cs1. The predicted octanol–water partition coefficient (Wildman–Crippen LogP) is 3.49. The summed E-state index contributed by atoms with van der Waals surface area (Å²) in [7, 11) is 0. The second kappa shape index (κ2) is 5.23. The molecule has 0 radical (unpaired) electrons. The van der Waals surface area contributed by atoms with E-state index in [9.17, 15) is 4.79 Å². The number of carbonyl (C=O) groups is 1. The molecule has 1 saturated carbocycles. The van der Waals surface area contributed by atoms with Crippen molar-refractivity contribution in [1.82, 2.24) is 9.88 Å². The lowest BCUT2D eigenvalue weighted by atomic mass is 9.72. The van der Waals surface area contributed by atoms with Crippen LogP contribution in [0.3, 0.4) is 0 Å². The minimum Gasteiger partial charge on any atom is -0.334 e. The Morgan fingerprint density at radius 3 is 2.89 bits per heavy atom. The highest BCUT2D eigenvalue weighted by molar-refractivity contribution is 7.09. The molecule has 0 aromatic carbocycles. The number of thiazole rings is 1. The molecular weight excluding hydrogens is 256 g/mol. The third-order valence-electron chi connectivity index (χ3n) is 4.84. The van der Waals surface area contributed by atoms with Crippen molar-refractivity contribution in [1.29, 1.82) is 0 Å². The van der Waals surface area contributed by atoms with Gasteiger partial charge < -0.3 is 4.90 Å². The molecule has 1 saturated heterocycles. The Kier molecular flexibility index (Phi) is 3.61. The zero-order valence-corrected chi connectivity index (χ0v) is 12.6. The number of likely N-dealkylation sites (tertiary alicyclic amines) is 1. The van der Waals surface area contributed by atoms with E-state index in [4.69, 9.17) is 0 Å². The summed E-state index contributed by atoms with van der Waals surface area (Å²) < 4.78 is 0. The van der Waals surface area contributed by atoms with Crippen molar-refractivity contribution >= 4 is 17.2 Å². The Bertz CT molecular complexity index is 470. The minimum absolute atomic E-state index is 0.160. The summed E-state index contributed by atoms with van der Waals surface area (Å²) in [5, 5.41) is 2.89. The van der Waals surface area contributed by atoms with E-state index in [0.29, 0.717) is 17.7 Å². The number of carbonyl (C=O) groups excluding carboxylic acids is 1. The lowest BCUT2D eigenvalue weighted by Crippen LogP contribution is -2.52. The van der Waals surface area contributed by atoms with Gasteiger partial charge in [-0.1, -0.05) is 19.8 Å². The van der Waals surface area contributed by atoms with Crippen LogP contribution < -0.4 is 0 Å². The van der Waals surface area contributed by atoms with Crippen LogP contribution in [0.25, 0.3) is 0 Å². The molecule has 3 rings (SSSR count). The summed E-state index contributed by atoms with van der Waals surface area (Å²) in [6, 6.07) is 0.465. The molecule has 104 valence electrons. The van der Waals surface area contributed by atoms with Crippen molar-refractivity contribution in [2.45, 2.75) is 52.0 Å². The zero-order chi connectivity index (χ0) is 13.4. The summed E-state index contributed by atoms with van der Waals surface area (Å²) >= 11 is 1.57. The molecule has 2 heterocycles. The van der Waals surface area contributed by atoms with Gasteiger partial charge >= 0.3 is 0 Å². The van der Waals surface area contributed by atoms with Gasteiger partial charge in [0.1, 0.15) is 5.69 Å². The maximum Gasteiger partial charge on any atom is 0.273 e. The van der Waals surface area contributed by atoms with Gasteiger partial charge in [0.05, 0.1) is 5.01 Å². The van der Waals surface area contributed by atoms with Crippen LogP contribution in [0.5, 0.6) is 0 Å². The predicted molar refractivity (Wildman–Crippen MR) is 77.4 cm³/mol. The Morgan fingerprint density at radius 1 is 1.37 bits per heavy atom. The van der Waals surface area contributed by atoms with E-state index in [2.05, 4.69) is 16.8 Å². The van der Waals surface area contributed by atoms with Crippen molar-refractivity contribution in [3.63, 3.8) is 0 Å². The Hall–Kier alpha value is -0.900. The van der Waals surface area contributed by atoms with Crippen molar-refractivity contribution in [3.05, 3.63) is 16.1 Å². The molecular formula is C15H22N2OS. The second-order valence-electron chi connectivity index (χ2n) is 6.03. The quantitative estimate of drug-likeness (QED) is 0.788. The van der Waals surface area contributed by atoms with Crippen LogP contribution in [0.2, 0.25) is 0 Å². The van der Waals surface area contributed by atoms with Crippen molar-refractivity contribution in [2.24, 2.45) is 11.8 Å². The molecule has 1 aliphatic heterocycles. The molecule has 2 aliphatic rings. The normalized spacial score (nSPS) is 31.1. The first-order valence-electron chi connectivity index (χ1n) is 7.40. The lowest BCUT2D eigenvalue weighted by molar-refractivity contribution is 0.0213. The highest BCUT2D eigenvalue weighted by Gasteiger charge is 2.39. The number of aromatic nitrogens is 1. The number of rotatable bonds is 1. The lowest BCUT2D eigenvalue weighted by Gasteiger charge is -2.47. The summed E-state index contributed by atoms with van der Waals surface area (Å²) in [4.78, 5) is 19.1. The van der Waals surface area contributed by atoms with Gasteiger partial charge in [0.15, 0.2) is 0 Å². The van der Waals surface area contributed by atoms with Crippen LogP contribution in [0.4, 0.5) is 0 Å². The fraction of sp³-hybridized carbons (Fsp3) is 0.733. The first-order valence-corrected chi connectivity index (χ1v) is 8.28. The average Bonchev–Trinajstić information content (AvgIpc) is 2.86. The molecule has 1 amide bonds. The summed E-state index contributed by atoms with van der Waals surface area (Å²) in [5.41, 5.74) is 0.654. The zero-order valence-electron chi connectivity index (χ0n) is 11.8. The maximum absolute atomic E-state index is 12.6. The molecule has 19 heavy (non-hydrogen) atoms. The van der Waals surface area contributed by atoms with Crippen molar-refractivity contribution in [3.8, 4) is 0 Å². The monoisotopic (exact) mass is 278 g/mol. The van der Waals surface area contributed by atoms with Gasteiger partial charge in [0, 0.05) is 18.0 Å². The first kappa shape index (κ1) is 13.1. The molecule has 1 aliphatic carbocycles. The van der Waals surface area contributed by atoms with Gasteiger partial charge in [-0.25, -0.2) is 4.98 Å². The fourth-order valence-electron chi connectivity index (χ4n) is 3.77. The molecule has 0 spiro atoms. The standard InChI is InChI=1S/C15H22N2OS/c1-10-7-8-17(14-6-4-3-5-12(10)14)15(18)13-9-19-11(2)16-13/h9-10,12,14H,3-8H2,1-2H3. The summed E-state index contributed by atoms with van der Waals surface area (Å²) in [6.07, 6.45) is 6.24. The Balaban J connectivity index is 1.81. The van der Waals surface area contributed by atoms with Crippen LogP contribution in [0.15, 0.2) is 5.38 Å². The van der Waals surface area contributed by atoms with E-state index in [1.807, 2.05) is 12.3 Å². The molecule has 3 unspecified atom stereocenters. The topological polar surface area (TPSA) is 33.2 Å². The summed E-state index contributed by atoms with van der Waals surface area (Å²) in [5.74, 6) is 1.64. The van der Waals surface area contributed by atoms with Gasteiger partial charge in [0.2, 0.25) is 0 Å². The molecule has 2 fully saturated rings. The van der Waals surface area contributed by atoms with E-state index in [1.54, 1.807) is 11.3 Å². The second-order valence-corrected chi connectivity index (χ2v) is 7.09. The highest BCUT2D eigenvalue weighted by atomic mass is 32.1. The molecule has 4 heteroatoms. The Morgan fingerprint density at radius 2 is 2.16 bits per heavy atom. The number of aryl methyl sites for hydroxylation is 1. The number of hydrogen-bond acceptors (Lipinski definition) is 3. The fourth-order valence-corrected chi connectivity index (χ4v) is 4.36. The maximum atomic E-state index is 12.6. The number of piperidine rings is 1. The van der Waals surface area contributed by atoms with Crippen LogP contribution >= 0.6 is 11.3 Å². The molecule has 1 aromatic rings. The number of hydrogen-bond donors (Lipinski definition) is 0. The molecule has 0 bridgehead atoms. The third kappa shape index (κ3) is 2.42. The van der Waals surface area contributed by atoms with Gasteiger partial charge in [-0.05, 0) is 38.0 Å². The Labute approximate surface area is 119 Å². The number of nitrogens with zero attached hydrogens (tertiary/aromatic N) is 2. The number of fused-ring (bicyclic) bond motifs is 1. The van der Waals surface area contributed by atoms with Gasteiger partial charge in [-0.15, -0.1) is 11.3 Å². The van der Waals surface area contributed by atoms with Crippen LogP contribution in [-0.4, -0.2) is 28.4 Å². The largest absolute Gasteiger partial charge is 0.334 e. The van der Waals surface area contributed by atoms with Crippen LogP contribution in [0.1, 0.15) is 54.5 Å². The van der Waals surface area contributed by atoms with Gasteiger partial charge in [-0.3, -0.25) is 4.79 Å². The van der Waals surface area contributed by atoms with Crippen LogP contribution in [-0.2, 0) is 0 Å². The molecule has 0 N–H and O–H groups in total. The van der Waals surface area contributed by atoms with Gasteiger partial charge in [-0.2, -0.15) is 0 Å². The van der Waals surface area contributed by atoms with Crippen molar-refractivity contribution < 1.29 is 4.79 Å². The average molecular weight is 278 g/mol. The van der Waals surface area contributed by atoms with Crippen LogP contribution in [0, 0.1) is 18.8 Å². The van der Waals surface area contributed by atoms with E-state index in [0.717, 1.165) is 23.9 Å².